The second kappa shape index (κ2) is 3.23. The highest BCUT2D eigenvalue weighted by molar-refractivity contribution is 9.12. The van der Waals surface area contributed by atoms with Crippen molar-refractivity contribution < 1.29 is 0 Å². The third kappa shape index (κ3) is 1.15. The molecule has 0 N–H and O–H groups in total. The predicted octanol–water partition coefficient (Wildman–Crippen LogP) is 4.35. The molecule has 2 heteroatoms. The molecule has 2 bridgehead atoms. The van der Waals surface area contributed by atoms with Crippen LogP contribution in [0.15, 0.2) is 46.0 Å². The van der Waals surface area contributed by atoms with Gasteiger partial charge in [0, 0.05) is 4.48 Å². The van der Waals surface area contributed by atoms with Crippen LogP contribution in [0.5, 0.6) is 0 Å². The normalized spacial score (nSPS) is 47.4. The van der Waals surface area contributed by atoms with E-state index in [0.29, 0.717) is 4.83 Å². The zero-order valence-corrected chi connectivity index (χ0v) is 11.9. The van der Waals surface area contributed by atoms with Crippen molar-refractivity contribution in [3.05, 3.63) is 46.0 Å². The number of allylic oxidation sites excluding steroid dienone is 8. The number of rotatable bonds is 0. The fourth-order valence-electron chi connectivity index (χ4n) is 3.88. The van der Waals surface area contributed by atoms with Crippen molar-refractivity contribution in [2.45, 2.75) is 11.2 Å². The van der Waals surface area contributed by atoms with Crippen LogP contribution in [0.3, 0.4) is 0 Å². The number of hydrogen-bond donors (Lipinski definition) is 0. The lowest BCUT2D eigenvalue weighted by Crippen LogP contribution is -2.17. The largest absolute Gasteiger partial charge is 0.0845 e. The quantitative estimate of drug-likeness (QED) is 0.454. The van der Waals surface area contributed by atoms with Gasteiger partial charge in [-0.1, -0.05) is 56.2 Å². The standard InChI is InChI=1S/C14H12Br2/c15-9-4-12-11(13(16)5-9)6-10-7-1-2-8(3-7)14(10)12/h1-2,4-8,10,13-14H,3H2. The van der Waals surface area contributed by atoms with Crippen LogP contribution in [0.25, 0.3) is 0 Å². The Morgan fingerprint density at radius 3 is 2.75 bits per heavy atom. The van der Waals surface area contributed by atoms with Gasteiger partial charge in [-0.15, -0.1) is 0 Å². The SMILES string of the molecule is BrC1=CC(Br)C2=CC3C4C=CC(C4)C3C2=C1. The molecule has 0 radical (unpaired) electrons. The van der Waals surface area contributed by atoms with Crippen LogP contribution in [0.2, 0.25) is 0 Å². The molecular formula is C14H12Br2. The van der Waals surface area contributed by atoms with E-state index >= 15 is 0 Å². The van der Waals surface area contributed by atoms with Gasteiger partial charge in [0.25, 0.3) is 0 Å². The summed E-state index contributed by atoms with van der Waals surface area (Å²) in [7, 11) is 0. The van der Waals surface area contributed by atoms with E-state index in [-0.39, 0.29) is 0 Å². The van der Waals surface area contributed by atoms with E-state index < -0.39 is 0 Å². The van der Waals surface area contributed by atoms with E-state index in [9.17, 15) is 0 Å². The van der Waals surface area contributed by atoms with Gasteiger partial charge in [0.15, 0.2) is 0 Å². The van der Waals surface area contributed by atoms with Gasteiger partial charge >= 0.3 is 0 Å². The first-order valence-corrected chi connectivity index (χ1v) is 7.58. The molecule has 16 heavy (non-hydrogen) atoms. The molecule has 1 saturated carbocycles. The zero-order chi connectivity index (χ0) is 10.9. The van der Waals surface area contributed by atoms with Gasteiger partial charge in [-0.05, 0) is 47.3 Å². The van der Waals surface area contributed by atoms with Crippen LogP contribution in [0, 0.1) is 23.7 Å². The molecule has 0 aliphatic heterocycles. The van der Waals surface area contributed by atoms with Crippen molar-refractivity contribution in [1.29, 1.82) is 0 Å². The van der Waals surface area contributed by atoms with E-state index in [1.54, 1.807) is 5.57 Å². The molecule has 0 aromatic heterocycles. The van der Waals surface area contributed by atoms with Crippen molar-refractivity contribution in [3.8, 4) is 0 Å². The Kier molecular flexibility index (Phi) is 2.00. The smallest absolute Gasteiger partial charge is 0.0588 e. The third-order valence-corrected chi connectivity index (χ3v) is 5.73. The molecule has 1 fully saturated rings. The Morgan fingerprint density at radius 2 is 1.88 bits per heavy atom. The Labute approximate surface area is 112 Å². The summed E-state index contributed by atoms with van der Waals surface area (Å²) in [6.07, 6.45) is 13.4. The molecule has 0 spiro atoms. The van der Waals surface area contributed by atoms with Gasteiger partial charge < -0.3 is 0 Å². The van der Waals surface area contributed by atoms with Crippen LogP contribution in [-0.2, 0) is 0 Å². The van der Waals surface area contributed by atoms with Crippen molar-refractivity contribution >= 4 is 31.9 Å². The summed E-state index contributed by atoms with van der Waals surface area (Å²) in [6, 6.07) is 0. The average molecular weight is 340 g/mol. The number of halogens is 2. The van der Waals surface area contributed by atoms with Gasteiger partial charge in [-0.25, -0.2) is 0 Å². The number of alkyl halides is 1. The Morgan fingerprint density at radius 1 is 1.06 bits per heavy atom. The first kappa shape index (κ1) is 9.90. The van der Waals surface area contributed by atoms with Crippen LogP contribution in [0.4, 0.5) is 0 Å². The van der Waals surface area contributed by atoms with Crippen LogP contribution < -0.4 is 0 Å². The molecule has 0 aromatic carbocycles. The van der Waals surface area contributed by atoms with Crippen molar-refractivity contribution in [3.63, 3.8) is 0 Å². The van der Waals surface area contributed by atoms with Gasteiger partial charge in [0.05, 0.1) is 4.83 Å². The number of fused-ring (bicyclic) bond motifs is 7. The topological polar surface area (TPSA) is 0 Å². The lowest BCUT2D eigenvalue weighted by atomic mass is 9.81. The Bertz CT molecular complexity index is 481. The van der Waals surface area contributed by atoms with Crippen LogP contribution in [0.1, 0.15) is 6.42 Å². The van der Waals surface area contributed by atoms with Crippen LogP contribution >= 0.6 is 31.9 Å². The summed E-state index contributed by atoms with van der Waals surface area (Å²) in [5.74, 6) is 3.16. The highest BCUT2D eigenvalue weighted by Crippen LogP contribution is 2.58. The minimum absolute atomic E-state index is 0.409. The molecule has 4 aliphatic rings. The molecule has 82 valence electrons. The molecule has 4 aliphatic carbocycles. The summed E-state index contributed by atoms with van der Waals surface area (Å²) in [5.41, 5.74) is 3.11. The van der Waals surface area contributed by atoms with Gasteiger partial charge in [-0.2, -0.15) is 0 Å². The predicted molar refractivity (Wildman–Crippen MR) is 73.6 cm³/mol. The van der Waals surface area contributed by atoms with E-state index in [0.717, 1.165) is 23.7 Å². The minimum atomic E-state index is 0.409. The minimum Gasteiger partial charge on any atom is -0.0845 e. The average Bonchev–Trinajstić information content (AvgIpc) is 2.86. The molecule has 0 heterocycles. The molecule has 0 amide bonds. The van der Waals surface area contributed by atoms with Crippen LogP contribution in [-0.4, -0.2) is 4.83 Å². The second-order valence-electron chi connectivity index (χ2n) is 5.23. The Hall–Kier alpha value is -0.0800. The lowest BCUT2D eigenvalue weighted by Gasteiger charge is -2.24. The second-order valence-corrected chi connectivity index (χ2v) is 7.13. The maximum absolute atomic E-state index is 3.77. The summed E-state index contributed by atoms with van der Waals surface area (Å²) in [5, 5.41) is 0. The molecule has 0 aromatic rings. The van der Waals surface area contributed by atoms with Crippen molar-refractivity contribution in [2.24, 2.45) is 23.7 Å². The van der Waals surface area contributed by atoms with E-state index in [1.165, 1.54) is 16.5 Å². The van der Waals surface area contributed by atoms with Crippen molar-refractivity contribution in [2.75, 3.05) is 0 Å². The zero-order valence-electron chi connectivity index (χ0n) is 8.74. The third-order valence-electron chi connectivity index (χ3n) is 4.48. The van der Waals surface area contributed by atoms with Crippen molar-refractivity contribution in [1.82, 2.24) is 0 Å². The van der Waals surface area contributed by atoms with E-state index in [4.69, 9.17) is 0 Å². The van der Waals surface area contributed by atoms with E-state index in [1.807, 2.05) is 0 Å². The Balaban J connectivity index is 1.84. The molecular weight excluding hydrogens is 328 g/mol. The molecule has 4 rings (SSSR count). The fraction of sp³-hybridized carbons (Fsp3) is 0.429. The van der Waals surface area contributed by atoms with E-state index in [2.05, 4.69) is 62.2 Å². The molecule has 0 nitrogen and oxygen atoms in total. The van der Waals surface area contributed by atoms with Gasteiger partial charge in [-0.3, -0.25) is 0 Å². The van der Waals surface area contributed by atoms with Gasteiger partial charge in [0.2, 0.25) is 0 Å². The molecule has 5 unspecified atom stereocenters. The number of hydrogen-bond acceptors (Lipinski definition) is 0. The molecule has 5 atom stereocenters. The first-order valence-electron chi connectivity index (χ1n) is 5.87. The molecule has 0 saturated heterocycles. The summed E-state index contributed by atoms with van der Waals surface area (Å²) in [6.45, 7) is 0. The van der Waals surface area contributed by atoms with Gasteiger partial charge in [0.1, 0.15) is 0 Å². The maximum atomic E-state index is 3.77. The maximum Gasteiger partial charge on any atom is 0.0588 e. The summed E-state index contributed by atoms with van der Waals surface area (Å²) < 4.78 is 1.23. The lowest BCUT2D eigenvalue weighted by molar-refractivity contribution is 0.451. The summed E-state index contributed by atoms with van der Waals surface area (Å²) in [4.78, 5) is 0.409. The fourth-order valence-corrected chi connectivity index (χ4v) is 5.45. The highest BCUT2D eigenvalue weighted by atomic mass is 79.9. The first-order chi connectivity index (χ1) is 7.74. The highest BCUT2D eigenvalue weighted by Gasteiger charge is 2.49. The summed E-state index contributed by atoms with van der Waals surface area (Å²) >= 11 is 7.39. The monoisotopic (exact) mass is 338 g/mol.